The smallest absolute Gasteiger partial charge is 0.349 e. The molecule has 2 rings (SSSR count). The lowest BCUT2D eigenvalue weighted by Crippen LogP contribution is -2.17. The van der Waals surface area contributed by atoms with Gasteiger partial charge in [0.1, 0.15) is 11.5 Å². The van der Waals surface area contributed by atoms with E-state index >= 15 is 0 Å². The van der Waals surface area contributed by atoms with Crippen molar-refractivity contribution in [3.8, 4) is 11.5 Å². The molecule has 2 aromatic rings. The largest absolute Gasteiger partial charge is 0.480 e. The van der Waals surface area contributed by atoms with Crippen LogP contribution in [0.25, 0.3) is 0 Å². The van der Waals surface area contributed by atoms with E-state index in [1.807, 2.05) is 12.1 Å². The first-order chi connectivity index (χ1) is 9.54. The van der Waals surface area contributed by atoms with Crippen LogP contribution < -0.4 is 9.47 Å². The van der Waals surface area contributed by atoms with Gasteiger partial charge >= 0.3 is 5.97 Å². The Labute approximate surface area is 143 Å². The Balaban J connectivity index is 1.90. The summed E-state index contributed by atoms with van der Waals surface area (Å²) >= 11 is 11.5. The number of ether oxygens (including phenoxy) is 2. The highest BCUT2D eigenvalue weighted by Crippen LogP contribution is 2.27. The van der Waals surface area contributed by atoms with Crippen LogP contribution in [0.15, 0.2) is 46.9 Å². The van der Waals surface area contributed by atoms with Gasteiger partial charge in [-0.1, -0.05) is 27.5 Å². The van der Waals surface area contributed by atoms with E-state index in [0.29, 0.717) is 16.5 Å². The van der Waals surface area contributed by atoms with Gasteiger partial charge in [0.2, 0.25) is 0 Å². The van der Waals surface area contributed by atoms with Crippen molar-refractivity contribution < 1.29 is 14.3 Å². The lowest BCUT2D eigenvalue weighted by molar-refractivity contribution is -0.136. The summed E-state index contributed by atoms with van der Waals surface area (Å²) in [6, 6.07) is 12.3. The Morgan fingerprint density at radius 1 is 1.20 bits per heavy atom. The molecule has 0 aliphatic heterocycles. The van der Waals surface area contributed by atoms with Crippen LogP contribution in [0.4, 0.5) is 0 Å². The molecule has 0 aromatic heterocycles. The predicted molar refractivity (Wildman–Crippen MR) is 89.4 cm³/mol. The van der Waals surface area contributed by atoms with Gasteiger partial charge in [-0.3, -0.25) is 0 Å². The van der Waals surface area contributed by atoms with Crippen molar-refractivity contribution >= 4 is 56.1 Å². The quantitative estimate of drug-likeness (QED) is 0.372. The maximum absolute atomic E-state index is 11.6. The third-order valence-electron chi connectivity index (χ3n) is 2.28. The van der Waals surface area contributed by atoms with Gasteiger partial charge in [-0.05, 0) is 65.1 Å². The van der Waals surface area contributed by atoms with Gasteiger partial charge in [-0.2, -0.15) is 0 Å². The fourth-order valence-corrected chi connectivity index (χ4v) is 2.48. The number of hydrogen-bond acceptors (Lipinski definition) is 3. The number of benzene rings is 2. The van der Waals surface area contributed by atoms with Gasteiger partial charge < -0.3 is 9.47 Å². The lowest BCUT2D eigenvalue weighted by Gasteiger charge is -2.08. The van der Waals surface area contributed by atoms with Gasteiger partial charge in [0, 0.05) is 8.04 Å². The highest BCUT2D eigenvalue weighted by molar-refractivity contribution is 14.1. The van der Waals surface area contributed by atoms with E-state index < -0.39 is 5.97 Å². The fraction of sp³-hybridized carbons (Fsp3) is 0.0714. The van der Waals surface area contributed by atoms with Gasteiger partial charge in [0.15, 0.2) is 6.61 Å². The van der Waals surface area contributed by atoms with Crippen molar-refractivity contribution in [1.29, 1.82) is 0 Å². The summed E-state index contributed by atoms with van der Waals surface area (Å²) in [5.41, 5.74) is 0. The zero-order valence-electron chi connectivity index (χ0n) is 10.1. The molecule has 0 N–H and O–H groups in total. The van der Waals surface area contributed by atoms with Gasteiger partial charge in [0.05, 0.1) is 5.02 Å². The van der Waals surface area contributed by atoms with Gasteiger partial charge in [-0.25, -0.2) is 4.79 Å². The summed E-state index contributed by atoms with van der Waals surface area (Å²) in [5, 5.41) is 0.432. The molecule has 0 spiro atoms. The molecule has 20 heavy (non-hydrogen) atoms. The third kappa shape index (κ3) is 4.64. The first-order valence-corrected chi connectivity index (χ1v) is 7.83. The maximum atomic E-state index is 11.6. The molecule has 0 aliphatic rings. The molecular formula is C14H9BrClIO3. The van der Waals surface area contributed by atoms with E-state index in [1.54, 1.807) is 30.3 Å². The highest BCUT2D eigenvalue weighted by Gasteiger charge is 2.08. The third-order valence-corrected chi connectivity index (χ3v) is 3.79. The lowest BCUT2D eigenvalue weighted by atomic mass is 10.3. The normalized spacial score (nSPS) is 10.2. The average molecular weight is 467 g/mol. The van der Waals surface area contributed by atoms with Crippen LogP contribution in [0.1, 0.15) is 0 Å². The zero-order valence-corrected chi connectivity index (χ0v) is 14.6. The van der Waals surface area contributed by atoms with Crippen LogP contribution in [0, 0.1) is 3.57 Å². The Morgan fingerprint density at radius 3 is 2.55 bits per heavy atom. The Kier molecular flexibility index (Phi) is 5.68. The fourth-order valence-electron chi connectivity index (χ4n) is 1.39. The SMILES string of the molecule is O=C(COc1ccc(Br)cc1Cl)Oc1ccc(I)cc1. The molecule has 0 radical (unpaired) electrons. The molecule has 2 aromatic carbocycles. The first-order valence-electron chi connectivity index (χ1n) is 5.59. The molecule has 6 heteroatoms. The summed E-state index contributed by atoms with van der Waals surface area (Å²) in [6.07, 6.45) is 0. The summed E-state index contributed by atoms with van der Waals surface area (Å²) in [4.78, 5) is 11.6. The predicted octanol–water partition coefficient (Wildman–Crippen LogP) is 4.69. The number of esters is 1. The van der Waals surface area contributed by atoms with Crippen LogP contribution in [0.3, 0.4) is 0 Å². The Hall–Kier alpha value is -0.790. The van der Waals surface area contributed by atoms with Gasteiger partial charge in [-0.15, -0.1) is 0 Å². The van der Waals surface area contributed by atoms with E-state index in [1.165, 1.54) is 0 Å². The Morgan fingerprint density at radius 2 is 1.90 bits per heavy atom. The van der Waals surface area contributed by atoms with Crippen LogP contribution in [0.2, 0.25) is 5.02 Å². The minimum Gasteiger partial charge on any atom is -0.480 e. The molecule has 0 fully saturated rings. The van der Waals surface area contributed by atoms with E-state index in [9.17, 15) is 4.79 Å². The second-order valence-electron chi connectivity index (χ2n) is 3.79. The number of hydrogen-bond donors (Lipinski definition) is 0. The molecule has 0 unspecified atom stereocenters. The number of carbonyl (C=O) groups is 1. The van der Waals surface area contributed by atoms with Crippen LogP contribution in [0.5, 0.6) is 11.5 Å². The summed E-state index contributed by atoms with van der Waals surface area (Å²) in [7, 11) is 0. The summed E-state index contributed by atoms with van der Waals surface area (Å²) in [5.74, 6) is 0.445. The van der Waals surface area contributed by atoms with E-state index in [-0.39, 0.29) is 6.61 Å². The molecule has 0 aliphatic carbocycles. The molecule has 0 amide bonds. The van der Waals surface area contributed by atoms with Crippen LogP contribution >= 0.6 is 50.1 Å². The molecule has 0 saturated heterocycles. The van der Waals surface area contributed by atoms with Crippen molar-refractivity contribution in [2.24, 2.45) is 0 Å². The summed E-state index contributed by atoms with van der Waals surface area (Å²) in [6.45, 7) is -0.201. The highest BCUT2D eigenvalue weighted by atomic mass is 127. The second kappa shape index (κ2) is 7.28. The molecular weight excluding hydrogens is 458 g/mol. The average Bonchev–Trinajstić information content (AvgIpc) is 2.40. The number of rotatable bonds is 4. The Bertz CT molecular complexity index is 616. The van der Waals surface area contributed by atoms with Crippen LogP contribution in [-0.4, -0.2) is 12.6 Å². The van der Waals surface area contributed by atoms with Crippen molar-refractivity contribution in [3.63, 3.8) is 0 Å². The van der Waals surface area contributed by atoms with Crippen molar-refractivity contribution in [2.45, 2.75) is 0 Å². The number of halogens is 3. The minimum atomic E-state index is -0.481. The van der Waals surface area contributed by atoms with Crippen molar-refractivity contribution in [3.05, 3.63) is 55.5 Å². The van der Waals surface area contributed by atoms with Crippen molar-refractivity contribution in [1.82, 2.24) is 0 Å². The van der Waals surface area contributed by atoms with Crippen molar-refractivity contribution in [2.75, 3.05) is 6.61 Å². The molecule has 104 valence electrons. The first kappa shape index (κ1) is 15.6. The van der Waals surface area contributed by atoms with E-state index in [4.69, 9.17) is 21.1 Å². The van der Waals surface area contributed by atoms with E-state index in [0.717, 1.165) is 8.04 Å². The molecule has 0 heterocycles. The monoisotopic (exact) mass is 466 g/mol. The molecule has 0 bridgehead atoms. The molecule has 3 nitrogen and oxygen atoms in total. The molecule has 0 saturated carbocycles. The summed E-state index contributed by atoms with van der Waals surface area (Å²) < 4.78 is 12.4. The zero-order chi connectivity index (χ0) is 14.5. The standard InChI is InChI=1S/C14H9BrClIO3/c15-9-1-6-13(12(16)7-9)19-8-14(18)20-11-4-2-10(17)3-5-11/h1-7H,8H2. The maximum Gasteiger partial charge on any atom is 0.349 e. The van der Waals surface area contributed by atoms with E-state index in [2.05, 4.69) is 38.5 Å². The second-order valence-corrected chi connectivity index (χ2v) is 6.36. The molecule has 0 atom stereocenters. The number of carbonyl (C=O) groups excluding carboxylic acids is 1. The van der Waals surface area contributed by atoms with Gasteiger partial charge in [0.25, 0.3) is 0 Å². The van der Waals surface area contributed by atoms with Crippen LogP contribution in [-0.2, 0) is 4.79 Å². The minimum absolute atomic E-state index is 0.201. The topological polar surface area (TPSA) is 35.5 Å².